The number of para-hydroxylation sites is 3. The first-order valence-corrected chi connectivity index (χ1v) is 15.5. The lowest BCUT2D eigenvalue weighted by Crippen LogP contribution is -1.98. The number of anilines is 2. The van der Waals surface area contributed by atoms with Gasteiger partial charge in [0.1, 0.15) is 22.3 Å². The van der Waals surface area contributed by atoms with Crippen molar-refractivity contribution in [3.8, 4) is 22.3 Å². The molecule has 3 heteroatoms. The van der Waals surface area contributed by atoms with E-state index in [1.807, 2.05) is 24.3 Å². The van der Waals surface area contributed by atoms with Crippen molar-refractivity contribution in [1.29, 1.82) is 0 Å². The van der Waals surface area contributed by atoms with Crippen molar-refractivity contribution in [3.63, 3.8) is 0 Å². The molecule has 0 saturated carbocycles. The molecule has 1 aliphatic rings. The molecule has 1 aliphatic carbocycles. The van der Waals surface area contributed by atoms with Crippen LogP contribution in [0.1, 0.15) is 18.4 Å². The molecule has 0 atom stereocenters. The largest absolute Gasteiger partial charge is 0.455 e. The molecular weight excluding hydrogens is 550 g/mol. The SMILES string of the molecule is C1=CCCC(c2c(Nc3cccc(-c4cccc(-c5cccc6c5oc5ccccc56)c4)c3)ccc3c2oc2ccccc23)=C1. The van der Waals surface area contributed by atoms with Crippen molar-refractivity contribution in [2.45, 2.75) is 12.8 Å². The van der Waals surface area contributed by atoms with Gasteiger partial charge in [-0.25, -0.2) is 0 Å². The second kappa shape index (κ2) is 10.4. The fourth-order valence-electron chi connectivity index (χ4n) is 6.80. The summed E-state index contributed by atoms with van der Waals surface area (Å²) in [7, 11) is 0. The molecule has 214 valence electrons. The van der Waals surface area contributed by atoms with Gasteiger partial charge in [-0.15, -0.1) is 0 Å². The molecule has 8 aromatic rings. The predicted molar refractivity (Wildman–Crippen MR) is 188 cm³/mol. The quantitative estimate of drug-likeness (QED) is 0.220. The van der Waals surface area contributed by atoms with Crippen LogP contribution >= 0.6 is 0 Å². The Bertz CT molecular complexity index is 2470. The maximum Gasteiger partial charge on any atom is 0.145 e. The molecule has 9 rings (SSSR count). The minimum atomic E-state index is 0.912. The Kier molecular flexibility index (Phi) is 5.95. The molecule has 0 unspecified atom stereocenters. The molecule has 3 nitrogen and oxygen atoms in total. The molecule has 2 aromatic heterocycles. The maximum absolute atomic E-state index is 6.50. The van der Waals surface area contributed by atoms with E-state index in [9.17, 15) is 0 Å². The number of benzene rings is 6. The molecule has 0 saturated heterocycles. The third-order valence-corrected chi connectivity index (χ3v) is 8.93. The average molecular weight is 580 g/mol. The van der Waals surface area contributed by atoms with Crippen LogP contribution in [0.4, 0.5) is 11.4 Å². The smallest absolute Gasteiger partial charge is 0.145 e. The first-order chi connectivity index (χ1) is 22.3. The fraction of sp³-hybridized carbons (Fsp3) is 0.0476. The summed E-state index contributed by atoms with van der Waals surface area (Å²) in [4.78, 5) is 0. The molecule has 45 heavy (non-hydrogen) atoms. The summed E-state index contributed by atoms with van der Waals surface area (Å²) < 4.78 is 12.9. The van der Waals surface area contributed by atoms with E-state index >= 15 is 0 Å². The predicted octanol–water partition coefficient (Wildman–Crippen LogP) is 12.3. The minimum Gasteiger partial charge on any atom is -0.455 e. The van der Waals surface area contributed by atoms with Gasteiger partial charge in [-0.2, -0.15) is 0 Å². The van der Waals surface area contributed by atoms with E-state index in [-0.39, 0.29) is 0 Å². The summed E-state index contributed by atoms with van der Waals surface area (Å²) in [6.45, 7) is 0. The van der Waals surface area contributed by atoms with E-state index in [0.717, 1.165) is 95.9 Å². The monoisotopic (exact) mass is 579 g/mol. The van der Waals surface area contributed by atoms with E-state index in [2.05, 4.69) is 127 Å². The van der Waals surface area contributed by atoms with Crippen LogP contribution in [0.25, 0.3) is 71.7 Å². The van der Waals surface area contributed by atoms with E-state index in [1.54, 1.807) is 0 Å². The van der Waals surface area contributed by atoms with Crippen LogP contribution in [0.15, 0.2) is 154 Å². The highest BCUT2D eigenvalue weighted by molar-refractivity contribution is 6.11. The summed E-state index contributed by atoms with van der Waals surface area (Å²) in [6.07, 6.45) is 8.61. The zero-order valence-corrected chi connectivity index (χ0v) is 24.6. The van der Waals surface area contributed by atoms with Crippen molar-refractivity contribution in [2.75, 3.05) is 5.32 Å². The molecule has 0 amide bonds. The van der Waals surface area contributed by atoms with Crippen molar-refractivity contribution in [2.24, 2.45) is 0 Å². The second-order valence-electron chi connectivity index (χ2n) is 11.7. The first-order valence-electron chi connectivity index (χ1n) is 15.5. The van der Waals surface area contributed by atoms with Gasteiger partial charge in [0, 0.05) is 44.0 Å². The number of nitrogens with one attached hydrogen (secondary N) is 1. The van der Waals surface area contributed by atoms with Crippen LogP contribution in [0.3, 0.4) is 0 Å². The number of allylic oxidation sites excluding steroid dienone is 4. The summed E-state index contributed by atoms with van der Waals surface area (Å²) in [5.41, 5.74) is 12.7. The normalized spacial score (nSPS) is 13.2. The van der Waals surface area contributed by atoms with Crippen LogP contribution in [-0.4, -0.2) is 0 Å². The average Bonchev–Trinajstić information content (AvgIpc) is 3.67. The van der Waals surface area contributed by atoms with Gasteiger partial charge in [0.05, 0.1) is 0 Å². The summed E-state index contributed by atoms with van der Waals surface area (Å²) in [6, 6.07) is 44.7. The first kappa shape index (κ1) is 25.7. The van der Waals surface area contributed by atoms with E-state index in [0.29, 0.717) is 0 Å². The fourth-order valence-corrected chi connectivity index (χ4v) is 6.80. The number of hydrogen-bond donors (Lipinski definition) is 1. The lowest BCUT2D eigenvalue weighted by Gasteiger charge is -2.17. The van der Waals surface area contributed by atoms with Crippen LogP contribution in [-0.2, 0) is 0 Å². The molecule has 0 spiro atoms. The molecule has 0 fully saturated rings. The van der Waals surface area contributed by atoms with Gasteiger partial charge in [-0.1, -0.05) is 103 Å². The minimum absolute atomic E-state index is 0.912. The van der Waals surface area contributed by atoms with Gasteiger partial charge in [0.25, 0.3) is 0 Å². The topological polar surface area (TPSA) is 38.3 Å². The highest BCUT2D eigenvalue weighted by Gasteiger charge is 2.19. The highest BCUT2D eigenvalue weighted by atomic mass is 16.3. The van der Waals surface area contributed by atoms with Gasteiger partial charge < -0.3 is 14.2 Å². The van der Waals surface area contributed by atoms with Gasteiger partial charge >= 0.3 is 0 Å². The Morgan fingerprint density at radius 3 is 2.00 bits per heavy atom. The van der Waals surface area contributed by atoms with Crippen LogP contribution in [0.2, 0.25) is 0 Å². The molecular formula is C42H29NO2. The molecule has 2 heterocycles. The van der Waals surface area contributed by atoms with E-state index < -0.39 is 0 Å². The molecule has 0 bridgehead atoms. The standard InChI is InChI=1S/C42H29NO2/c1-2-11-27(12-3-1)40-37(24-23-36-34-18-5-7-22-39(34)45-42(36)40)43-31-16-9-14-29(26-31)28-13-8-15-30(25-28)32-19-10-20-35-33-17-4-6-21-38(33)44-41(32)35/h1-2,4-11,13-26,43H,3,12H2. The summed E-state index contributed by atoms with van der Waals surface area (Å²) in [5, 5.41) is 8.34. The van der Waals surface area contributed by atoms with Crippen molar-refractivity contribution in [3.05, 3.63) is 151 Å². The molecule has 0 radical (unpaired) electrons. The zero-order valence-electron chi connectivity index (χ0n) is 24.6. The number of furan rings is 2. The van der Waals surface area contributed by atoms with E-state index in [1.165, 1.54) is 5.57 Å². The number of hydrogen-bond acceptors (Lipinski definition) is 3. The van der Waals surface area contributed by atoms with Gasteiger partial charge in [-0.3, -0.25) is 0 Å². The molecule has 0 aliphatic heterocycles. The van der Waals surface area contributed by atoms with Crippen LogP contribution in [0, 0.1) is 0 Å². The van der Waals surface area contributed by atoms with Crippen molar-refractivity contribution >= 4 is 60.8 Å². The second-order valence-corrected chi connectivity index (χ2v) is 11.7. The lowest BCUT2D eigenvalue weighted by atomic mass is 9.94. The zero-order chi connectivity index (χ0) is 29.7. The van der Waals surface area contributed by atoms with E-state index in [4.69, 9.17) is 8.83 Å². The van der Waals surface area contributed by atoms with Crippen molar-refractivity contribution in [1.82, 2.24) is 0 Å². The summed E-state index contributed by atoms with van der Waals surface area (Å²) in [5.74, 6) is 0. The van der Waals surface area contributed by atoms with Crippen LogP contribution < -0.4 is 5.32 Å². The maximum atomic E-state index is 6.50. The lowest BCUT2D eigenvalue weighted by molar-refractivity contribution is 0.667. The van der Waals surface area contributed by atoms with Gasteiger partial charge in [-0.05, 0) is 77.6 Å². The number of rotatable bonds is 5. The third kappa shape index (κ3) is 4.36. The summed E-state index contributed by atoms with van der Waals surface area (Å²) >= 11 is 0. The van der Waals surface area contributed by atoms with Gasteiger partial charge in [0.2, 0.25) is 0 Å². The van der Waals surface area contributed by atoms with Crippen LogP contribution in [0.5, 0.6) is 0 Å². The third-order valence-electron chi connectivity index (χ3n) is 8.93. The Morgan fingerprint density at radius 1 is 0.533 bits per heavy atom. The Morgan fingerprint density at radius 2 is 1.20 bits per heavy atom. The number of fused-ring (bicyclic) bond motifs is 6. The Balaban J connectivity index is 1.11. The Labute approximate surface area is 260 Å². The highest BCUT2D eigenvalue weighted by Crippen LogP contribution is 2.42. The van der Waals surface area contributed by atoms with Gasteiger partial charge in [0.15, 0.2) is 0 Å². The molecule has 6 aromatic carbocycles. The Hall–Kier alpha value is -5.80. The molecule has 1 N–H and O–H groups in total. The van der Waals surface area contributed by atoms with Crippen molar-refractivity contribution < 1.29 is 8.83 Å².